The summed E-state index contributed by atoms with van der Waals surface area (Å²) in [6, 6.07) is 0. The van der Waals surface area contributed by atoms with E-state index in [2.05, 4.69) is 0 Å². The molecule has 1 aliphatic rings. The lowest BCUT2D eigenvalue weighted by atomic mass is 10.4. The lowest BCUT2D eigenvalue weighted by Crippen LogP contribution is -2.22. The molecule has 0 bridgehead atoms. The van der Waals surface area contributed by atoms with Crippen molar-refractivity contribution in [1.82, 2.24) is 4.90 Å². The van der Waals surface area contributed by atoms with Crippen LogP contribution in [-0.4, -0.2) is 16.7 Å². The first kappa shape index (κ1) is 7.71. The summed E-state index contributed by atoms with van der Waals surface area (Å²) in [5.41, 5.74) is 0. The van der Waals surface area contributed by atoms with Crippen molar-refractivity contribution in [2.75, 3.05) is 0 Å². The first-order valence-electron chi connectivity index (χ1n) is 2.87. The second-order valence-corrected chi connectivity index (χ2v) is 2.65. The topological polar surface area (TPSA) is 37.4 Å². The molecule has 0 aromatic carbocycles. The van der Waals surface area contributed by atoms with E-state index in [0.717, 1.165) is 4.90 Å². The summed E-state index contributed by atoms with van der Waals surface area (Å²) in [5, 5.41) is 0. The molecule has 10 heavy (non-hydrogen) atoms. The third-order valence-corrected chi connectivity index (χ3v) is 1.62. The van der Waals surface area contributed by atoms with Gasteiger partial charge >= 0.3 is 0 Å². The molecule has 1 saturated heterocycles. The van der Waals surface area contributed by atoms with Gasteiger partial charge < -0.3 is 0 Å². The number of rotatable bonds is 1. The van der Waals surface area contributed by atoms with Crippen LogP contribution in [-0.2, 0) is 9.59 Å². The summed E-state index contributed by atoms with van der Waals surface area (Å²) in [5.74, 6) is -0.198. The molecule has 0 saturated carbocycles. The van der Waals surface area contributed by atoms with Crippen LogP contribution in [0.15, 0.2) is 10.3 Å². The molecule has 0 aromatic heterocycles. The van der Waals surface area contributed by atoms with Crippen LogP contribution in [0, 0.1) is 0 Å². The van der Waals surface area contributed by atoms with E-state index < -0.39 is 0 Å². The van der Waals surface area contributed by atoms with Crippen LogP contribution in [0.4, 0.5) is 0 Å². The summed E-state index contributed by atoms with van der Waals surface area (Å²) >= 11 is 1.97. The van der Waals surface area contributed by atoms with Crippen molar-refractivity contribution in [3.8, 4) is 0 Å². The van der Waals surface area contributed by atoms with Gasteiger partial charge in [0.1, 0.15) is 0 Å². The highest BCUT2D eigenvalue weighted by Gasteiger charge is 2.26. The van der Waals surface area contributed by atoms with Crippen LogP contribution in [0.3, 0.4) is 0 Å². The minimum absolute atomic E-state index is 0.0992. The number of hydrogen-bond donors (Lipinski definition) is 0. The van der Waals surface area contributed by atoms with E-state index in [9.17, 15) is 9.59 Å². The number of amides is 2. The molecule has 1 aliphatic heterocycles. The predicted molar refractivity (Wildman–Crippen MR) is 44.2 cm³/mol. The standard InChI is InChI=1S/C6H6INO2/c7-3-4-8-5(9)1-2-6(8)10/h3-4H,1-2H2/b4-3+. The summed E-state index contributed by atoms with van der Waals surface area (Å²) < 4.78 is 1.65. The number of carbonyl (C=O) groups excluding carboxylic acids is 2. The molecule has 54 valence electrons. The van der Waals surface area contributed by atoms with E-state index in [0.29, 0.717) is 12.8 Å². The van der Waals surface area contributed by atoms with Crippen molar-refractivity contribution in [1.29, 1.82) is 0 Å². The number of imide groups is 1. The second kappa shape index (κ2) is 3.14. The third kappa shape index (κ3) is 1.36. The highest BCUT2D eigenvalue weighted by molar-refractivity contribution is 14.1. The van der Waals surface area contributed by atoms with E-state index in [1.54, 1.807) is 4.08 Å². The summed E-state index contributed by atoms with van der Waals surface area (Å²) in [6.07, 6.45) is 2.22. The molecule has 0 spiro atoms. The molecule has 1 rings (SSSR count). The van der Waals surface area contributed by atoms with Gasteiger partial charge in [0, 0.05) is 19.0 Å². The third-order valence-electron chi connectivity index (χ3n) is 1.30. The quantitative estimate of drug-likeness (QED) is 0.515. The van der Waals surface area contributed by atoms with Crippen molar-refractivity contribution in [2.24, 2.45) is 0 Å². The average Bonchev–Trinajstić information content (AvgIpc) is 2.20. The first-order chi connectivity index (χ1) is 4.75. The Morgan fingerprint density at radius 3 is 2.20 bits per heavy atom. The zero-order chi connectivity index (χ0) is 7.56. The predicted octanol–water partition coefficient (Wildman–Crippen LogP) is 1.04. The second-order valence-electron chi connectivity index (χ2n) is 1.93. The maximum atomic E-state index is 10.8. The molecule has 0 N–H and O–H groups in total. The molecule has 1 fully saturated rings. The van der Waals surface area contributed by atoms with Crippen LogP contribution >= 0.6 is 22.6 Å². The van der Waals surface area contributed by atoms with E-state index in [1.807, 2.05) is 22.6 Å². The Morgan fingerprint density at radius 2 is 1.80 bits per heavy atom. The molecular weight excluding hydrogens is 245 g/mol. The fraction of sp³-hybridized carbons (Fsp3) is 0.333. The average molecular weight is 251 g/mol. The first-order valence-corrected chi connectivity index (χ1v) is 4.12. The molecule has 2 amide bonds. The largest absolute Gasteiger partial charge is 0.274 e. The monoisotopic (exact) mass is 251 g/mol. The van der Waals surface area contributed by atoms with Gasteiger partial charge in [0.25, 0.3) is 0 Å². The normalized spacial score (nSPS) is 19.5. The lowest BCUT2D eigenvalue weighted by Gasteiger charge is -2.04. The number of likely N-dealkylation sites (tertiary alicyclic amines) is 1. The Kier molecular flexibility index (Phi) is 2.42. The maximum Gasteiger partial charge on any atom is 0.233 e. The van der Waals surface area contributed by atoms with Gasteiger partial charge in [-0.1, -0.05) is 22.6 Å². The fourth-order valence-electron chi connectivity index (χ4n) is 0.816. The zero-order valence-corrected chi connectivity index (χ0v) is 7.37. The van der Waals surface area contributed by atoms with Gasteiger partial charge in [0.2, 0.25) is 11.8 Å². The number of hydrogen-bond acceptors (Lipinski definition) is 2. The van der Waals surface area contributed by atoms with Crippen LogP contribution in [0.1, 0.15) is 12.8 Å². The number of nitrogens with zero attached hydrogens (tertiary/aromatic N) is 1. The van der Waals surface area contributed by atoms with Crippen LogP contribution in [0.5, 0.6) is 0 Å². The van der Waals surface area contributed by atoms with Gasteiger partial charge in [0.15, 0.2) is 0 Å². The molecular formula is C6H6INO2. The van der Waals surface area contributed by atoms with E-state index >= 15 is 0 Å². The van der Waals surface area contributed by atoms with Crippen molar-refractivity contribution in [3.05, 3.63) is 10.3 Å². The Bertz CT molecular complexity index is 184. The van der Waals surface area contributed by atoms with Crippen LogP contribution in [0.25, 0.3) is 0 Å². The summed E-state index contributed by atoms with van der Waals surface area (Å²) in [4.78, 5) is 22.8. The van der Waals surface area contributed by atoms with Gasteiger partial charge in [-0.05, 0) is 4.08 Å². The van der Waals surface area contributed by atoms with Gasteiger partial charge in [0.05, 0.1) is 0 Å². The molecule has 0 aliphatic carbocycles. The Labute approximate surface area is 72.2 Å². The zero-order valence-electron chi connectivity index (χ0n) is 5.21. The number of halogens is 1. The molecule has 0 unspecified atom stereocenters. The van der Waals surface area contributed by atoms with E-state index in [-0.39, 0.29) is 11.8 Å². The maximum absolute atomic E-state index is 10.8. The lowest BCUT2D eigenvalue weighted by molar-refractivity contribution is -0.135. The van der Waals surface area contributed by atoms with E-state index in [4.69, 9.17) is 0 Å². The van der Waals surface area contributed by atoms with Crippen molar-refractivity contribution < 1.29 is 9.59 Å². The fourth-order valence-corrected chi connectivity index (χ4v) is 1.14. The number of carbonyl (C=O) groups is 2. The Hall–Kier alpha value is -0.390. The van der Waals surface area contributed by atoms with Crippen molar-refractivity contribution in [2.45, 2.75) is 12.8 Å². The molecule has 0 radical (unpaired) electrons. The summed E-state index contributed by atoms with van der Waals surface area (Å²) in [6.45, 7) is 0. The van der Waals surface area contributed by atoms with E-state index in [1.165, 1.54) is 6.20 Å². The molecule has 1 heterocycles. The highest BCUT2D eigenvalue weighted by Crippen LogP contribution is 2.11. The SMILES string of the molecule is O=C1CCC(=O)N1/C=C/I. The Morgan fingerprint density at radius 1 is 1.30 bits per heavy atom. The van der Waals surface area contributed by atoms with Gasteiger partial charge in [-0.15, -0.1) is 0 Å². The smallest absolute Gasteiger partial charge is 0.233 e. The van der Waals surface area contributed by atoms with Gasteiger partial charge in [-0.3, -0.25) is 14.5 Å². The van der Waals surface area contributed by atoms with Crippen molar-refractivity contribution in [3.63, 3.8) is 0 Å². The van der Waals surface area contributed by atoms with Gasteiger partial charge in [-0.25, -0.2) is 0 Å². The van der Waals surface area contributed by atoms with Crippen molar-refractivity contribution >= 4 is 34.4 Å². The Balaban J connectivity index is 2.72. The van der Waals surface area contributed by atoms with Crippen LogP contribution < -0.4 is 0 Å². The van der Waals surface area contributed by atoms with Gasteiger partial charge in [-0.2, -0.15) is 0 Å². The highest BCUT2D eigenvalue weighted by atomic mass is 127. The minimum atomic E-state index is -0.0992. The molecule has 0 atom stereocenters. The molecule has 0 aromatic rings. The molecule has 3 nitrogen and oxygen atoms in total. The molecule has 4 heteroatoms. The van der Waals surface area contributed by atoms with Crippen LogP contribution in [0.2, 0.25) is 0 Å². The summed E-state index contributed by atoms with van der Waals surface area (Å²) in [7, 11) is 0. The minimum Gasteiger partial charge on any atom is -0.274 e.